The van der Waals surface area contributed by atoms with Crippen LogP contribution in [-0.4, -0.2) is 30.8 Å². The van der Waals surface area contributed by atoms with Crippen LogP contribution in [0, 0.1) is 0 Å². The van der Waals surface area contributed by atoms with E-state index in [9.17, 15) is 9.59 Å². The van der Waals surface area contributed by atoms with Crippen LogP contribution in [-0.2, 0) is 4.79 Å². The van der Waals surface area contributed by atoms with Crippen molar-refractivity contribution < 1.29 is 9.59 Å². The Morgan fingerprint density at radius 3 is 1.96 bits per heavy atom. The number of nitrogens with one attached hydrogen (secondary N) is 1. The van der Waals surface area contributed by atoms with Gasteiger partial charge in [-0.15, -0.1) is 11.8 Å². The van der Waals surface area contributed by atoms with Crippen molar-refractivity contribution in [2.24, 2.45) is 0 Å². The molecule has 4 nitrogen and oxygen atoms in total. The molecule has 5 heteroatoms. The maximum Gasteiger partial charge on any atom is 0.253 e. The summed E-state index contributed by atoms with van der Waals surface area (Å²) in [5, 5.41) is 2.59. The molecule has 0 radical (unpaired) electrons. The van der Waals surface area contributed by atoms with Crippen molar-refractivity contribution in [2.75, 3.05) is 19.4 Å². The zero-order valence-corrected chi connectivity index (χ0v) is 16.6. The number of hydrogen-bond acceptors (Lipinski definition) is 3. The smallest absolute Gasteiger partial charge is 0.253 e. The van der Waals surface area contributed by atoms with Gasteiger partial charge in [0.2, 0.25) is 5.91 Å². The Balaban J connectivity index is 1.78. The number of carbonyl (C=O) groups excluding carboxylic acids is 2. The van der Waals surface area contributed by atoms with Crippen molar-refractivity contribution in [3.63, 3.8) is 0 Å². The molecule has 0 heterocycles. The summed E-state index contributed by atoms with van der Waals surface area (Å²) in [6.45, 7) is 0. The highest BCUT2D eigenvalue weighted by Crippen LogP contribution is 2.36. The summed E-state index contributed by atoms with van der Waals surface area (Å²) >= 11 is 1.51. The van der Waals surface area contributed by atoms with Crippen molar-refractivity contribution >= 4 is 29.3 Å². The van der Waals surface area contributed by atoms with Gasteiger partial charge in [-0.25, -0.2) is 0 Å². The molecular weight excluding hydrogens is 368 g/mol. The van der Waals surface area contributed by atoms with Gasteiger partial charge >= 0.3 is 0 Å². The number of thioether (sulfide) groups is 1. The van der Waals surface area contributed by atoms with Crippen LogP contribution in [0.2, 0.25) is 0 Å². The normalized spacial score (nSPS) is 11.5. The fraction of sp³-hybridized carbons (Fsp3) is 0.130. The topological polar surface area (TPSA) is 49.4 Å². The number of anilines is 1. The molecule has 0 spiro atoms. The van der Waals surface area contributed by atoms with Gasteiger partial charge in [0.15, 0.2) is 0 Å². The Morgan fingerprint density at radius 2 is 1.39 bits per heavy atom. The van der Waals surface area contributed by atoms with Gasteiger partial charge in [0, 0.05) is 30.2 Å². The van der Waals surface area contributed by atoms with Crippen LogP contribution in [0.15, 0.2) is 89.8 Å². The third kappa shape index (κ3) is 5.02. The Morgan fingerprint density at radius 1 is 0.821 bits per heavy atom. The molecule has 0 aliphatic heterocycles. The number of carbonyl (C=O) groups is 2. The molecule has 0 aliphatic carbocycles. The van der Waals surface area contributed by atoms with Gasteiger partial charge in [0.1, 0.15) is 5.25 Å². The van der Waals surface area contributed by atoms with Crippen LogP contribution < -0.4 is 5.32 Å². The minimum absolute atomic E-state index is 0.0697. The van der Waals surface area contributed by atoms with Crippen molar-refractivity contribution in [3.05, 3.63) is 96.1 Å². The molecule has 0 saturated heterocycles. The van der Waals surface area contributed by atoms with E-state index in [2.05, 4.69) is 5.32 Å². The molecule has 0 aliphatic rings. The lowest BCUT2D eigenvalue weighted by molar-refractivity contribution is -0.115. The van der Waals surface area contributed by atoms with E-state index in [1.807, 2.05) is 60.7 Å². The predicted octanol–water partition coefficient (Wildman–Crippen LogP) is 4.86. The molecule has 28 heavy (non-hydrogen) atoms. The van der Waals surface area contributed by atoms with E-state index in [0.29, 0.717) is 11.3 Å². The highest BCUT2D eigenvalue weighted by Gasteiger charge is 2.22. The van der Waals surface area contributed by atoms with Crippen molar-refractivity contribution in [2.45, 2.75) is 10.1 Å². The second-order valence-corrected chi connectivity index (χ2v) is 7.67. The van der Waals surface area contributed by atoms with Gasteiger partial charge < -0.3 is 10.2 Å². The van der Waals surface area contributed by atoms with E-state index in [1.165, 1.54) is 16.7 Å². The molecule has 3 aromatic rings. The zero-order valence-electron chi connectivity index (χ0n) is 15.8. The van der Waals surface area contributed by atoms with E-state index >= 15 is 0 Å². The molecule has 0 saturated carbocycles. The van der Waals surface area contributed by atoms with Crippen molar-refractivity contribution in [1.29, 1.82) is 0 Å². The molecule has 0 fully saturated rings. The number of benzene rings is 3. The van der Waals surface area contributed by atoms with E-state index in [-0.39, 0.29) is 17.1 Å². The van der Waals surface area contributed by atoms with Gasteiger partial charge in [-0.05, 0) is 42.0 Å². The average molecular weight is 391 g/mol. The molecule has 2 amide bonds. The van der Waals surface area contributed by atoms with Crippen LogP contribution >= 0.6 is 11.8 Å². The Hall–Kier alpha value is -3.05. The predicted molar refractivity (Wildman–Crippen MR) is 115 cm³/mol. The standard InChI is InChI=1S/C23H22N2O2S/c1-25(2)23(27)18-13-15-19(16-14-18)24-22(26)21(17-9-5-3-6-10-17)28-20-11-7-4-8-12-20/h3-16,21H,1-2H3,(H,24,26). The summed E-state index contributed by atoms with van der Waals surface area (Å²) in [5.41, 5.74) is 2.18. The van der Waals surface area contributed by atoms with E-state index in [4.69, 9.17) is 0 Å². The monoisotopic (exact) mass is 390 g/mol. The lowest BCUT2D eigenvalue weighted by Crippen LogP contribution is -2.22. The summed E-state index contributed by atoms with van der Waals surface area (Å²) in [6, 6.07) is 26.5. The number of amides is 2. The summed E-state index contributed by atoms with van der Waals surface area (Å²) in [5.74, 6) is -0.175. The summed E-state index contributed by atoms with van der Waals surface area (Å²) in [4.78, 5) is 27.6. The molecule has 1 atom stereocenters. The first-order valence-electron chi connectivity index (χ1n) is 8.94. The third-order valence-corrected chi connectivity index (χ3v) is 5.41. The van der Waals surface area contributed by atoms with Crippen molar-refractivity contribution in [3.8, 4) is 0 Å². The molecule has 3 rings (SSSR count). The zero-order chi connectivity index (χ0) is 19.9. The molecule has 1 N–H and O–H groups in total. The van der Waals surface area contributed by atoms with Gasteiger partial charge in [-0.2, -0.15) is 0 Å². The molecule has 3 aromatic carbocycles. The van der Waals surface area contributed by atoms with Crippen LogP contribution in [0.4, 0.5) is 5.69 Å². The van der Waals surface area contributed by atoms with Crippen LogP contribution in [0.1, 0.15) is 21.2 Å². The maximum absolute atomic E-state index is 13.0. The van der Waals surface area contributed by atoms with E-state index < -0.39 is 0 Å². The summed E-state index contributed by atoms with van der Waals surface area (Å²) in [6.07, 6.45) is 0. The van der Waals surface area contributed by atoms with Gasteiger partial charge in [0.05, 0.1) is 0 Å². The summed E-state index contributed by atoms with van der Waals surface area (Å²) < 4.78 is 0. The first kappa shape index (κ1) is 19.7. The number of rotatable bonds is 6. The van der Waals surface area contributed by atoms with Crippen LogP contribution in [0.25, 0.3) is 0 Å². The quantitative estimate of drug-likeness (QED) is 0.612. The SMILES string of the molecule is CN(C)C(=O)c1ccc(NC(=O)C(Sc2ccccc2)c2ccccc2)cc1. The Bertz CT molecular complexity index is 926. The first-order valence-corrected chi connectivity index (χ1v) is 9.82. The number of hydrogen-bond donors (Lipinski definition) is 1. The molecule has 0 aromatic heterocycles. The molecule has 1 unspecified atom stereocenters. The number of nitrogens with zero attached hydrogens (tertiary/aromatic N) is 1. The fourth-order valence-electron chi connectivity index (χ4n) is 2.70. The highest BCUT2D eigenvalue weighted by molar-refractivity contribution is 8.00. The first-order chi connectivity index (χ1) is 13.5. The second kappa shape index (κ2) is 9.24. The highest BCUT2D eigenvalue weighted by atomic mass is 32.2. The van der Waals surface area contributed by atoms with E-state index in [1.54, 1.807) is 38.4 Å². The molecule has 142 valence electrons. The lowest BCUT2D eigenvalue weighted by Gasteiger charge is -2.17. The average Bonchev–Trinajstić information content (AvgIpc) is 2.73. The molecular formula is C23H22N2O2S. The third-order valence-electron chi connectivity index (χ3n) is 4.14. The maximum atomic E-state index is 13.0. The second-order valence-electron chi connectivity index (χ2n) is 6.49. The fourth-order valence-corrected chi connectivity index (χ4v) is 3.74. The lowest BCUT2D eigenvalue weighted by atomic mass is 10.1. The van der Waals surface area contributed by atoms with Crippen molar-refractivity contribution in [1.82, 2.24) is 4.90 Å². The Labute approximate surface area is 169 Å². The summed E-state index contributed by atoms with van der Waals surface area (Å²) in [7, 11) is 3.42. The Kier molecular flexibility index (Phi) is 6.50. The largest absolute Gasteiger partial charge is 0.345 e. The van der Waals surface area contributed by atoms with Crippen LogP contribution in [0.3, 0.4) is 0 Å². The van der Waals surface area contributed by atoms with Gasteiger partial charge in [-0.3, -0.25) is 9.59 Å². The molecule has 0 bridgehead atoms. The van der Waals surface area contributed by atoms with Crippen LogP contribution in [0.5, 0.6) is 0 Å². The van der Waals surface area contributed by atoms with E-state index in [0.717, 1.165) is 10.5 Å². The van der Waals surface area contributed by atoms with Gasteiger partial charge in [0.25, 0.3) is 5.91 Å². The van der Waals surface area contributed by atoms with Gasteiger partial charge in [-0.1, -0.05) is 48.5 Å². The minimum Gasteiger partial charge on any atom is -0.345 e. The minimum atomic E-state index is -0.383.